The quantitative estimate of drug-likeness (QED) is 0.555. The predicted octanol–water partition coefficient (Wildman–Crippen LogP) is 4.28. The Balaban J connectivity index is 1.25. The number of carbonyl (C=O) groups is 3. The minimum atomic E-state index is -2.39. The summed E-state index contributed by atoms with van der Waals surface area (Å²) in [4.78, 5) is 37.8. The van der Waals surface area contributed by atoms with Gasteiger partial charge in [-0.15, -0.1) is 0 Å². The number of hydrogen-bond donors (Lipinski definition) is 1. The zero-order valence-corrected chi connectivity index (χ0v) is 18.5. The molecule has 168 valence electrons. The zero-order chi connectivity index (χ0) is 22.3. The van der Waals surface area contributed by atoms with Gasteiger partial charge in [-0.1, -0.05) is 36.8 Å². The Morgan fingerprint density at radius 3 is 2.34 bits per heavy atom. The van der Waals surface area contributed by atoms with Crippen molar-refractivity contribution in [3.05, 3.63) is 47.0 Å². The highest BCUT2D eigenvalue weighted by Gasteiger charge is 2.61. The number of aliphatic hydroxyl groups is 1. The summed E-state index contributed by atoms with van der Waals surface area (Å²) in [7, 11) is 0. The van der Waals surface area contributed by atoms with E-state index < -0.39 is 17.4 Å². The summed E-state index contributed by atoms with van der Waals surface area (Å²) in [5.74, 6) is -1.17. The molecule has 6 atom stereocenters. The molecule has 32 heavy (non-hydrogen) atoms. The summed E-state index contributed by atoms with van der Waals surface area (Å²) in [5, 5.41) is 11.2. The fourth-order valence-electron chi connectivity index (χ4n) is 7.99. The lowest BCUT2D eigenvalue weighted by Gasteiger charge is -2.54. The van der Waals surface area contributed by atoms with E-state index in [2.05, 4.69) is 6.92 Å². The maximum Gasteiger partial charge on any atom is 0.297 e. The Kier molecular flexibility index (Phi) is 4.45. The first-order valence-electron chi connectivity index (χ1n) is 12.1. The van der Waals surface area contributed by atoms with Crippen LogP contribution in [0.2, 0.25) is 0 Å². The molecule has 0 bridgehead atoms. The largest absolute Gasteiger partial charge is 0.353 e. The summed E-state index contributed by atoms with van der Waals surface area (Å²) in [5.41, 5.74) is 1.72. The van der Waals surface area contributed by atoms with Gasteiger partial charge in [-0.2, -0.15) is 0 Å². The van der Waals surface area contributed by atoms with Gasteiger partial charge in [0.2, 0.25) is 11.6 Å². The second kappa shape index (κ2) is 6.94. The number of allylic oxidation sites excluding steroid dienone is 1. The second-order valence-corrected chi connectivity index (χ2v) is 10.9. The van der Waals surface area contributed by atoms with Crippen molar-refractivity contribution in [2.75, 3.05) is 0 Å². The lowest BCUT2D eigenvalue weighted by Crippen LogP contribution is -2.53. The molecule has 5 aliphatic carbocycles. The van der Waals surface area contributed by atoms with Crippen LogP contribution >= 0.6 is 0 Å². The van der Waals surface area contributed by atoms with E-state index in [-0.39, 0.29) is 28.4 Å². The summed E-state index contributed by atoms with van der Waals surface area (Å²) in [6, 6.07) is 6.58. The van der Waals surface area contributed by atoms with E-state index in [0.29, 0.717) is 30.1 Å². The Morgan fingerprint density at radius 1 is 0.906 bits per heavy atom. The van der Waals surface area contributed by atoms with E-state index in [4.69, 9.17) is 4.74 Å². The number of fused-ring (bicyclic) bond motifs is 6. The van der Waals surface area contributed by atoms with Gasteiger partial charge in [0.15, 0.2) is 5.78 Å². The minimum absolute atomic E-state index is 0.155. The molecule has 1 aromatic carbocycles. The molecule has 6 rings (SSSR count). The van der Waals surface area contributed by atoms with Crippen LogP contribution in [-0.4, -0.2) is 34.3 Å². The first-order chi connectivity index (χ1) is 15.3. The Morgan fingerprint density at radius 2 is 1.62 bits per heavy atom. The van der Waals surface area contributed by atoms with Crippen LogP contribution in [0.25, 0.3) is 0 Å². The SMILES string of the molecule is C[C@]12CC[C@H]3[C@H](CCC4=CC(=O)CC[C@H]43)[C@@H]1CC[C@H]2OC1(O)C(=O)c2ccccc2C1=O. The van der Waals surface area contributed by atoms with Crippen LogP contribution in [0.15, 0.2) is 35.9 Å². The molecule has 3 saturated carbocycles. The molecule has 0 aromatic heterocycles. The summed E-state index contributed by atoms with van der Waals surface area (Å²) in [6.07, 6.45) is 9.16. The monoisotopic (exact) mass is 434 g/mol. The standard InChI is InChI=1S/C27H30O5/c1-26-13-12-18-17-9-7-16(28)14-15(17)6-8-19(18)22(26)10-11-23(26)32-27(31)24(29)20-4-2-3-5-21(20)25(27)30/h2-5,14,17-19,22-23,31H,6-13H2,1H3/t17-,18-,19+,22+,23-,26+/m1/s1. The van der Waals surface area contributed by atoms with Gasteiger partial charge >= 0.3 is 0 Å². The highest BCUT2D eigenvalue weighted by Crippen LogP contribution is 2.62. The van der Waals surface area contributed by atoms with Crippen LogP contribution in [0.1, 0.15) is 79.0 Å². The summed E-state index contributed by atoms with van der Waals surface area (Å²) in [6.45, 7) is 2.24. The van der Waals surface area contributed by atoms with Gasteiger partial charge in [0.1, 0.15) is 0 Å². The average molecular weight is 435 g/mol. The first kappa shape index (κ1) is 20.5. The van der Waals surface area contributed by atoms with Crippen LogP contribution in [0.5, 0.6) is 0 Å². The molecule has 5 nitrogen and oxygen atoms in total. The molecule has 0 aliphatic heterocycles. The Hall–Kier alpha value is -2.11. The van der Waals surface area contributed by atoms with E-state index in [9.17, 15) is 19.5 Å². The second-order valence-electron chi connectivity index (χ2n) is 10.9. The molecule has 0 heterocycles. The van der Waals surface area contributed by atoms with Gasteiger partial charge in [0.25, 0.3) is 5.79 Å². The number of Topliss-reactive ketones (excluding diaryl/α,β-unsaturated/α-hetero) is 2. The molecule has 0 unspecified atom stereocenters. The van der Waals surface area contributed by atoms with Crippen molar-refractivity contribution in [2.45, 2.75) is 70.2 Å². The zero-order valence-electron chi connectivity index (χ0n) is 18.5. The van der Waals surface area contributed by atoms with Crippen LogP contribution in [0, 0.1) is 29.1 Å². The van der Waals surface area contributed by atoms with Crippen molar-refractivity contribution >= 4 is 17.3 Å². The molecule has 0 radical (unpaired) electrons. The maximum absolute atomic E-state index is 13.0. The van der Waals surface area contributed by atoms with Crippen molar-refractivity contribution in [1.82, 2.24) is 0 Å². The molecule has 5 heteroatoms. The third-order valence-electron chi connectivity index (χ3n) is 9.56. The number of carbonyl (C=O) groups excluding carboxylic acids is 3. The number of hydrogen-bond acceptors (Lipinski definition) is 5. The van der Waals surface area contributed by atoms with Crippen molar-refractivity contribution in [3.8, 4) is 0 Å². The number of ether oxygens (including phenoxy) is 1. The molecule has 5 aliphatic rings. The average Bonchev–Trinajstić information content (AvgIpc) is 3.21. The van der Waals surface area contributed by atoms with E-state index in [1.165, 1.54) is 5.57 Å². The van der Waals surface area contributed by atoms with Gasteiger partial charge in [-0.25, -0.2) is 0 Å². The van der Waals surface area contributed by atoms with Crippen molar-refractivity contribution in [1.29, 1.82) is 0 Å². The van der Waals surface area contributed by atoms with Crippen molar-refractivity contribution in [3.63, 3.8) is 0 Å². The van der Waals surface area contributed by atoms with Gasteiger partial charge < -0.3 is 9.84 Å². The number of benzene rings is 1. The normalized spacial score (nSPS) is 39.8. The molecular formula is C27H30O5. The van der Waals surface area contributed by atoms with E-state index in [0.717, 1.165) is 44.9 Å². The van der Waals surface area contributed by atoms with E-state index in [1.807, 2.05) is 6.08 Å². The molecule has 1 aromatic rings. The fourth-order valence-corrected chi connectivity index (χ4v) is 7.99. The van der Waals surface area contributed by atoms with Crippen LogP contribution in [0.3, 0.4) is 0 Å². The van der Waals surface area contributed by atoms with Crippen molar-refractivity contribution < 1.29 is 24.2 Å². The van der Waals surface area contributed by atoms with Gasteiger partial charge in [-0.05, 0) is 80.1 Å². The lowest BCUT2D eigenvalue weighted by molar-refractivity contribution is -0.194. The highest BCUT2D eigenvalue weighted by atomic mass is 16.6. The van der Waals surface area contributed by atoms with Gasteiger partial charge in [0, 0.05) is 17.5 Å². The van der Waals surface area contributed by atoms with Crippen LogP contribution in [-0.2, 0) is 9.53 Å². The smallest absolute Gasteiger partial charge is 0.297 e. The van der Waals surface area contributed by atoms with Crippen LogP contribution in [0.4, 0.5) is 0 Å². The Bertz CT molecular complexity index is 1020. The van der Waals surface area contributed by atoms with E-state index >= 15 is 0 Å². The number of rotatable bonds is 2. The van der Waals surface area contributed by atoms with Crippen molar-refractivity contribution in [2.24, 2.45) is 29.1 Å². The first-order valence-corrected chi connectivity index (χ1v) is 12.1. The molecule has 3 fully saturated rings. The minimum Gasteiger partial charge on any atom is -0.353 e. The molecule has 0 saturated heterocycles. The van der Waals surface area contributed by atoms with Gasteiger partial charge in [-0.3, -0.25) is 14.4 Å². The maximum atomic E-state index is 13.0. The molecular weight excluding hydrogens is 404 g/mol. The Labute approximate surface area is 188 Å². The molecule has 0 spiro atoms. The number of ketones is 3. The molecule has 0 amide bonds. The fraction of sp³-hybridized carbons (Fsp3) is 0.593. The van der Waals surface area contributed by atoms with Crippen LogP contribution < -0.4 is 0 Å². The summed E-state index contributed by atoms with van der Waals surface area (Å²) >= 11 is 0. The summed E-state index contributed by atoms with van der Waals surface area (Å²) < 4.78 is 6.14. The topological polar surface area (TPSA) is 80.7 Å². The third kappa shape index (κ3) is 2.67. The van der Waals surface area contributed by atoms with Gasteiger partial charge in [0.05, 0.1) is 6.10 Å². The van der Waals surface area contributed by atoms with E-state index in [1.54, 1.807) is 24.3 Å². The lowest BCUT2D eigenvalue weighted by atomic mass is 9.52. The highest BCUT2D eigenvalue weighted by molar-refractivity contribution is 6.30. The predicted molar refractivity (Wildman–Crippen MR) is 117 cm³/mol. The third-order valence-corrected chi connectivity index (χ3v) is 9.56. The molecule has 1 N–H and O–H groups in total.